The number of hydrazine groups is 1. The van der Waals surface area contributed by atoms with E-state index >= 15 is 0 Å². The van der Waals surface area contributed by atoms with Gasteiger partial charge >= 0.3 is 0 Å². The Morgan fingerprint density at radius 1 is 1.10 bits per heavy atom. The van der Waals surface area contributed by atoms with E-state index in [9.17, 15) is 29.4 Å². The van der Waals surface area contributed by atoms with Crippen LogP contribution in [0, 0.1) is 11.3 Å². The van der Waals surface area contributed by atoms with E-state index in [-0.39, 0.29) is 30.6 Å². The van der Waals surface area contributed by atoms with E-state index < -0.39 is 35.9 Å². The largest absolute Gasteiger partial charge is 0.508 e. The van der Waals surface area contributed by atoms with Crippen molar-refractivity contribution in [1.82, 2.24) is 30.2 Å². The second kappa shape index (κ2) is 19.4. The molecule has 0 spiro atoms. The number of hydrogen-bond donors (Lipinski definition) is 4. The minimum atomic E-state index is -1.03. The average Bonchev–Trinajstić information content (AvgIpc) is 3.50. The van der Waals surface area contributed by atoms with E-state index in [2.05, 4.69) is 53.2 Å². The van der Waals surface area contributed by atoms with Gasteiger partial charge in [-0.05, 0) is 90.3 Å². The number of hydrogen-bond acceptors (Lipinski definition) is 10. The molecule has 0 radical (unpaired) electrons. The normalized spacial score (nSPS) is 14.3. The number of phenolic OH excluding ortho intramolecular Hbond substituents is 1. The summed E-state index contributed by atoms with van der Waals surface area (Å²) < 4.78 is 13.1. The highest BCUT2D eigenvalue weighted by Gasteiger charge is 2.35. The number of phenols is 1. The number of carbonyl (C=O) groups excluding carboxylic acids is 4. The number of aromatic nitrogens is 2. The van der Waals surface area contributed by atoms with E-state index in [1.54, 1.807) is 39.3 Å². The fourth-order valence-electron chi connectivity index (χ4n) is 8.03. The number of nitrogens with zero attached hydrogens (tertiary/aromatic N) is 4. The third-order valence-corrected chi connectivity index (χ3v) is 10.7. The van der Waals surface area contributed by atoms with Gasteiger partial charge in [0, 0.05) is 74.5 Å². The van der Waals surface area contributed by atoms with Crippen LogP contribution in [-0.2, 0) is 54.6 Å². The number of rotatable bonds is 18. The molecule has 0 bridgehead atoms. The van der Waals surface area contributed by atoms with Crippen LogP contribution in [0.25, 0.3) is 33.3 Å². The van der Waals surface area contributed by atoms with Crippen molar-refractivity contribution in [3.05, 3.63) is 71.5 Å². The molecular formula is C44H58N6O8. The molecule has 58 heavy (non-hydrogen) atoms. The van der Waals surface area contributed by atoms with Gasteiger partial charge < -0.3 is 34.5 Å². The van der Waals surface area contributed by atoms with Gasteiger partial charge in [0.15, 0.2) is 0 Å². The first-order chi connectivity index (χ1) is 27.7. The van der Waals surface area contributed by atoms with Crippen molar-refractivity contribution < 1.29 is 38.9 Å². The quantitative estimate of drug-likeness (QED) is 0.104. The van der Waals surface area contributed by atoms with Gasteiger partial charge in [-0.1, -0.05) is 39.8 Å². The van der Waals surface area contributed by atoms with Gasteiger partial charge in [-0.2, -0.15) is 0 Å². The molecular weight excluding hydrogens is 741 g/mol. The maximum Gasteiger partial charge on any atom is 0.293 e. The van der Waals surface area contributed by atoms with Crippen LogP contribution in [-0.4, -0.2) is 106 Å². The fourth-order valence-corrected chi connectivity index (χ4v) is 8.03. The van der Waals surface area contributed by atoms with Crippen LogP contribution in [0.15, 0.2) is 54.9 Å². The summed E-state index contributed by atoms with van der Waals surface area (Å²) in [5, 5.41) is 26.1. The average molecular weight is 799 g/mol. The number of carbonyl (C=O) groups is 4. The Morgan fingerprint density at radius 3 is 2.53 bits per heavy atom. The Morgan fingerprint density at radius 2 is 1.88 bits per heavy atom. The molecule has 312 valence electrons. The molecule has 1 fully saturated rings. The molecule has 14 nitrogen and oxygen atoms in total. The maximum atomic E-state index is 14.1. The third-order valence-electron chi connectivity index (χ3n) is 10.7. The fraction of sp³-hybridized carbons (Fsp3) is 0.477. The lowest BCUT2D eigenvalue weighted by molar-refractivity contribution is -0.145. The van der Waals surface area contributed by atoms with Gasteiger partial charge in [-0.15, -0.1) is 0 Å². The minimum Gasteiger partial charge on any atom is -0.508 e. The summed E-state index contributed by atoms with van der Waals surface area (Å²) in [6.07, 6.45) is 5.96. The van der Waals surface area contributed by atoms with E-state index in [1.165, 1.54) is 17.0 Å². The molecule has 2 atom stereocenters. The van der Waals surface area contributed by atoms with Crippen LogP contribution in [0.4, 0.5) is 0 Å². The molecule has 2 aromatic heterocycles. The Kier molecular flexibility index (Phi) is 14.7. The molecule has 0 saturated carbocycles. The Balaban J connectivity index is 1.60. The number of pyridine rings is 1. The van der Waals surface area contributed by atoms with E-state index in [1.807, 2.05) is 24.4 Å². The van der Waals surface area contributed by atoms with Gasteiger partial charge in [0.2, 0.25) is 11.8 Å². The van der Waals surface area contributed by atoms with Crippen molar-refractivity contribution in [1.29, 1.82) is 0 Å². The van der Waals surface area contributed by atoms with Gasteiger partial charge in [-0.3, -0.25) is 29.2 Å². The van der Waals surface area contributed by atoms with Crippen molar-refractivity contribution >= 4 is 35.1 Å². The first-order valence-electron chi connectivity index (χ1n) is 19.9. The predicted molar refractivity (Wildman–Crippen MR) is 221 cm³/mol. The lowest BCUT2D eigenvalue weighted by Gasteiger charge is -2.34. The second-order valence-corrected chi connectivity index (χ2v) is 16.1. The zero-order valence-electron chi connectivity index (χ0n) is 34.7. The molecule has 0 aliphatic carbocycles. The van der Waals surface area contributed by atoms with Crippen molar-refractivity contribution in [3.63, 3.8) is 0 Å². The summed E-state index contributed by atoms with van der Waals surface area (Å²) in [7, 11) is 3.12. The van der Waals surface area contributed by atoms with Crippen molar-refractivity contribution in [3.8, 4) is 28.1 Å². The van der Waals surface area contributed by atoms with Crippen molar-refractivity contribution in [2.45, 2.75) is 85.5 Å². The number of aromatic hydroxyl groups is 1. The molecule has 1 aliphatic heterocycles. The molecule has 2 unspecified atom stereocenters. The molecule has 14 heteroatoms. The lowest BCUT2D eigenvalue weighted by atomic mass is 9.84. The minimum absolute atomic E-state index is 0.00620. The van der Waals surface area contributed by atoms with Crippen LogP contribution >= 0.6 is 0 Å². The van der Waals surface area contributed by atoms with Crippen LogP contribution in [0.3, 0.4) is 0 Å². The smallest absolute Gasteiger partial charge is 0.293 e. The molecule has 3 heterocycles. The summed E-state index contributed by atoms with van der Waals surface area (Å²) >= 11 is 0. The number of aliphatic hydroxyl groups is 1. The molecule has 2 aromatic carbocycles. The topological polar surface area (TPSA) is 176 Å². The molecule has 4 aromatic rings. The number of amides is 3. The van der Waals surface area contributed by atoms with E-state index in [0.717, 1.165) is 51.7 Å². The standard InChI is InChI=1S/C44H58N6O8/c1-8-49-38-12-11-30(21-34(38)35(22-44(4,5)26-58-27-52)41(49)36-23-45-15-13-31(36)25-57-7)32-17-29(18-33(53)20-32)19-37(43(56)50-16-10-9-14-46-50)47-42(55)40(28(2)3)48(6)39(54)24-51/h11-13,15,17-18,20-21,23,27-28,37,40,46,51,53H,8-10,14,16,19,22,24-26H2,1-7H3,(H,47,55). The van der Waals surface area contributed by atoms with Gasteiger partial charge in [0.1, 0.15) is 24.4 Å². The highest BCUT2D eigenvalue weighted by Crippen LogP contribution is 2.41. The van der Waals surface area contributed by atoms with Crippen molar-refractivity contribution in [2.75, 3.05) is 40.5 Å². The lowest BCUT2D eigenvalue weighted by Crippen LogP contribution is -2.59. The highest BCUT2D eigenvalue weighted by atomic mass is 16.5. The highest BCUT2D eigenvalue weighted by molar-refractivity contribution is 5.96. The number of methoxy groups -OCH3 is 1. The Bertz CT molecular complexity index is 2090. The number of benzene rings is 2. The SMILES string of the molecule is CCn1c(-c2cnccc2COC)c(CC(C)(C)COC=O)c2cc(-c3cc(O)cc(CC(NC(=O)C(C(C)C)N(C)C(=O)CO)C(=O)N4CCCCN4)c3)ccc21. The van der Waals surface area contributed by atoms with Crippen LogP contribution in [0.1, 0.15) is 64.2 Å². The van der Waals surface area contributed by atoms with Crippen LogP contribution in [0.5, 0.6) is 5.75 Å². The van der Waals surface area contributed by atoms with Crippen LogP contribution in [0.2, 0.25) is 0 Å². The summed E-state index contributed by atoms with van der Waals surface area (Å²) in [6.45, 7) is 11.9. The number of aliphatic hydroxyl groups excluding tert-OH is 1. The molecule has 3 amide bonds. The van der Waals surface area contributed by atoms with E-state index in [4.69, 9.17) is 9.47 Å². The molecule has 4 N–H and O–H groups in total. The summed E-state index contributed by atoms with van der Waals surface area (Å²) in [5.41, 5.74) is 9.84. The molecule has 1 aliphatic rings. The third kappa shape index (κ3) is 10.0. The Hall–Kier alpha value is -5.31. The number of likely N-dealkylation sites (N-methyl/N-ethyl adjacent to an activating group) is 1. The zero-order valence-corrected chi connectivity index (χ0v) is 34.7. The maximum absolute atomic E-state index is 14.1. The van der Waals surface area contributed by atoms with Gasteiger partial charge in [0.05, 0.1) is 18.9 Å². The first-order valence-corrected chi connectivity index (χ1v) is 19.9. The summed E-state index contributed by atoms with van der Waals surface area (Å²) in [6, 6.07) is 11.3. The van der Waals surface area contributed by atoms with Gasteiger partial charge in [-0.25, -0.2) is 5.43 Å². The number of ether oxygens (including phenoxy) is 2. The van der Waals surface area contributed by atoms with Crippen LogP contribution < -0.4 is 10.7 Å². The second-order valence-electron chi connectivity index (χ2n) is 16.1. The van der Waals surface area contributed by atoms with Gasteiger partial charge in [0.25, 0.3) is 12.4 Å². The molecule has 5 rings (SSSR count). The number of aryl methyl sites for hydroxylation is 1. The predicted octanol–water partition coefficient (Wildman–Crippen LogP) is 4.61. The van der Waals surface area contributed by atoms with Crippen molar-refractivity contribution in [2.24, 2.45) is 11.3 Å². The molecule has 1 saturated heterocycles. The van der Waals surface area contributed by atoms with E-state index in [0.29, 0.717) is 50.3 Å². The number of fused-ring (bicyclic) bond motifs is 1. The summed E-state index contributed by atoms with van der Waals surface area (Å²) in [5.74, 6) is -1.78. The monoisotopic (exact) mass is 798 g/mol. The zero-order chi connectivity index (χ0) is 42.1. The summed E-state index contributed by atoms with van der Waals surface area (Å²) in [4.78, 5) is 57.3. The Labute approximate surface area is 340 Å². The first kappa shape index (κ1) is 43.8. The number of nitrogens with one attached hydrogen (secondary N) is 2.